The van der Waals surface area contributed by atoms with Gasteiger partial charge in [0.25, 0.3) is 0 Å². The number of esters is 1. The first-order valence-electron chi connectivity index (χ1n) is 3.43. The van der Waals surface area contributed by atoms with E-state index in [4.69, 9.17) is 4.74 Å². The summed E-state index contributed by atoms with van der Waals surface area (Å²) < 4.78 is 9.75. The molecule has 1 fully saturated rings. The highest BCUT2D eigenvalue weighted by atomic mass is 16.5. The van der Waals surface area contributed by atoms with Crippen molar-refractivity contribution in [3.8, 4) is 0 Å². The summed E-state index contributed by atoms with van der Waals surface area (Å²) in [6, 6.07) is 0. The van der Waals surface area contributed by atoms with Crippen LogP contribution in [0.25, 0.3) is 0 Å². The van der Waals surface area contributed by atoms with Crippen LogP contribution in [0.4, 0.5) is 0 Å². The first-order valence-corrected chi connectivity index (χ1v) is 3.43. The molecule has 3 heteroatoms. The molecule has 1 aliphatic heterocycles. The van der Waals surface area contributed by atoms with Crippen molar-refractivity contribution in [1.82, 2.24) is 0 Å². The summed E-state index contributed by atoms with van der Waals surface area (Å²) in [5.41, 5.74) is 0. The second-order valence-electron chi connectivity index (χ2n) is 2.60. The third-order valence-electron chi connectivity index (χ3n) is 1.73. The molecule has 0 aromatic heterocycles. The highest BCUT2D eigenvalue weighted by molar-refractivity contribution is 5.72. The minimum atomic E-state index is -0.149. The van der Waals surface area contributed by atoms with Gasteiger partial charge in [-0.15, -0.1) is 0 Å². The van der Waals surface area contributed by atoms with Gasteiger partial charge in [-0.25, -0.2) is 0 Å². The quantitative estimate of drug-likeness (QED) is 0.505. The lowest BCUT2D eigenvalue weighted by atomic mass is 10.1. The Hall–Kier alpha value is -0.570. The molecule has 0 bridgehead atoms. The number of hydrogen-bond acceptors (Lipinski definition) is 3. The van der Waals surface area contributed by atoms with Crippen LogP contribution in [-0.2, 0) is 14.3 Å². The van der Waals surface area contributed by atoms with Crippen LogP contribution < -0.4 is 0 Å². The number of methoxy groups -OCH3 is 1. The van der Waals surface area contributed by atoms with Gasteiger partial charge in [0.05, 0.1) is 25.7 Å². The van der Waals surface area contributed by atoms with Gasteiger partial charge in [-0.1, -0.05) is 0 Å². The van der Waals surface area contributed by atoms with Crippen molar-refractivity contribution in [3.63, 3.8) is 0 Å². The van der Waals surface area contributed by atoms with Crippen LogP contribution in [0, 0.1) is 5.92 Å². The predicted molar refractivity (Wildman–Crippen MR) is 35.5 cm³/mol. The lowest BCUT2D eigenvalue weighted by molar-refractivity contribution is -0.145. The SMILES string of the molecule is COC(=O)C1COC(C)C1. The third kappa shape index (κ3) is 1.48. The second-order valence-corrected chi connectivity index (χ2v) is 2.60. The molecule has 0 N–H and O–H groups in total. The van der Waals surface area contributed by atoms with Gasteiger partial charge in [0.15, 0.2) is 0 Å². The summed E-state index contributed by atoms with van der Waals surface area (Å²) in [4.78, 5) is 10.9. The molecule has 0 amide bonds. The Balaban J connectivity index is 2.37. The highest BCUT2D eigenvalue weighted by Gasteiger charge is 2.28. The molecule has 1 aliphatic rings. The Labute approximate surface area is 60.3 Å². The van der Waals surface area contributed by atoms with Gasteiger partial charge in [0.2, 0.25) is 0 Å². The molecule has 0 aromatic rings. The van der Waals surface area contributed by atoms with Crippen molar-refractivity contribution in [1.29, 1.82) is 0 Å². The van der Waals surface area contributed by atoms with E-state index in [2.05, 4.69) is 4.74 Å². The summed E-state index contributed by atoms with van der Waals surface area (Å²) in [5, 5.41) is 0. The van der Waals surface area contributed by atoms with Gasteiger partial charge in [0.1, 0.15) is 0 Å². The number of ether oxygens (including phenoxy) is 2. The highest BCUT2D eigenvalue weighted by Crippen LogP contribution is 2.19. The number of carbonyl (C=O) groups is 1. The van der Waals surface area contributed by atoms with E-state index < -0.39 is 0 Å². The molecule has 10 heavy (non-hydrogen) atoms. The van der Waals surface area contributed by atoms with Crippen LogP contribution in [0.5, 0.6) is 0 Å². The van der Waals surface area contributed by atoms with Gasteiger partial charge in [-0.05, 0) is 13.3 Å². The van der Waals surface area contributed by atoms with Crippen molar-refractivity contribution in [3.05, 3.63) is 0 Å². The van der Waals surface area contributed by atoms with Gasteiger partial charge in [-0.3, -0.25) is 4.79 Å². The monoisotopic (exact) mass is 144 g/mol. The maximum Gasteiger partial charge on any atom is 0.311 e. The van der Waals surface area contributed by atoms with Gasteiger partial charge in [-0.2, -0.15) is 0 Å². The Kier molecular flexibility index (Phi) is 2.27. The summed E-state index contributed by atoms with van der Waals surface area (Å²) in [6.07, 6.45) is 1.01. The standard InChI is InChI=1S/C7H12O3/c1-5-3-6(4-10-5)7(8)9-2/h5-6H,3-4H2,1-2H3. The third-order valence-corrected chi connectivity index (χ3v) is 1.73. The molecule has 1 saturated heterocycles. The van der Waals surface area contributed by atoms with E-state index >= 15 is 0 Å². The molecule has 2 unspecified atom stereocenters. The Morgan fingerprint density at radius 2 is 2.40 bits per heavy atom. The zero-order valence-corrected chi connectivity index (χ0v) is 6.29. The average molecular weight is 144 g/mol. The Morgan fingerprint density at radius 1 is 1.70 bits per heavy atom. The van der Waals surface area contributed by atoms with Gasteiger partial charge >= 0.3 is 5.97 Å². The van der Waals surface area contributed by atoms with Crippen LogP contribution in [-0.4, -0.2) is 25.8 Å². The number of carbonyl (C=O) groups excluding carboxylic acids is 1. The summed E-state index contributed by atoms with van der Waals surface area (Å²) >= 11 is 0. The molecule has 0 aromatic carbocycles. The van der Waals surface area contributed by atoms with Crippen molar-refractivity contribution < 1.29 is 14.3 Å². The normalized spacial score (nSPS) is 32.2. The predicted octanol–water partition coefficient (Wildman–Crippen LogP) is 0.584. The van der Waals surface area contributed by atoms with Crippen LogP contribution in [0.1, 0.15) is 13.3 Å². The topological polar surface area (TPSA) is 35.5 Å². The molecule has 0 radical (unpaired) electrons. The van der Waals surface area contributed by atoms with Crippen LogP contribution in [0.3, 0.4) is 0 Å². The van der Waals surface area contributed by atoms with Crippen molar-refractivity contribution >= 4 is 5.97 Å². The molecule has 58 valence electrons. The largest absolute Gasteiger partial charge is 0.469 e. The summed E-state index contributed by atoms with van der Waals surface area (Å²) in [6.45, 7) is 2.48. The van der Waals surface area contributed by atoms with Crippen molar-refractivity contribution in [2.75, 3.05) is 13.7 Å². The fourth-order valence-electron chi connectivity index (χ4n) is 1.15. The molecular formula is C7H12O3. The molecule has 1 rings (SSSR count). The minimum absolute atomic E-state index is 0.0278. The Bertz CT molecular complexity index is 133. The molecule has 0 saturated carbocycles. The van der Waals surface area contributed by atoms with Crippen LogP contribution >= 0.6 is 0 Å². The lowest BCUT2D eigenvalue weighted by Gasteiger charge is -2.02. The maximum atomic E-state index is 10.9. The number of rotatable bonds is 1. The van der Waals surface area contributed by atoms with E-state index in [0.29, 0.717) is 6.61 Å². The molecule has 0 aliphatic carbocycles. The van der Waals surface area contributed by atoms with Crippen LogP contribution in [0.2, 0.25) is 0 Å². The van der Waals surface area contributed by atoms with Crippen molar-refractivity contribution in [2.45, 2.75) is 19.4 Å². The van der Waals surface area contributed by atoms with E-state index in [1.807, 2.05) is 6.92 Å². The second kappa shape index (κ2) is 3.01. The van der Waals surface area contributed by atoms with E-state index in [-0.39, 0.29) is 18.0 Å². The van der Waals surface area contributed by atoms with E-state index in [0.717, 1.165) is 6.42 Å². The van der Waals surface area contributed by atoms with E-state index in [1.54, 1.807) is 0 Å². The zero-order valence-electron chi connectivity index (χ0n) is 6.29. The lowest BCUT2D eigenvalue weighted by Crippen LogP contribution is -2.15. The first kappa shape index (κ1) is 7.54. The zero-order chi connectivity index (χ0) is 7.56. The van der Waals surface area contributed by atoms with Gasteiger partial charge in [0, 0.05) is 0 Å². The number of hydrogen-bond donors (Lipinski definition) is 0. The van der Waals surface area contributed by atoms with Crippen molar-refractivity contribution in [2.24, 2.45) is 5.92 Å². The average Bonchev–Trinajstić information content (AvgIpc) is 2.34. The summed E-state index contributed by atoms with van der Waals surface area (Å²) in [7, 11) is 1.41. The molecule has 1 heterocycles. The van der Waals surface area contributed by atoms with Crippen LogP contribution in [0.15, 0.2) is 0 Å². The molecule has 3 nitrogen and oxygen atoms in total. The van der Waals surface area contributed by atoms with E-state index in [9.17, 15) is 4.79 Å². The maximum absolute atomic E-state index is 10.9. The van der Waals surface area contributed by atoms with E-state index in [1.165, 1.54) is 7.11 Å². The molecule has 2 atom stereocenters. The molecule has 0 spiro atoms. The van der Waals surface area contributed by atoms with Gasteiger partial charge < -0.3 is 9.47 Å². The first-order chi connectivity index (χ1) is 4.74. The fraction of sp³-hybridized carbons (Fsp3) is 0.857. The Morgan fingerprint density at radius 3 is 2.80 bits per heavy atom. The smallest absolute Gasteiger partial charge is 0.311 e. The summed E-state index contributed by atoms with van der Waals surface area (Å²) in [5.74, 6) is -0.177. The fourth-order valence-corrected chi connectivity index (χ4v) is 1.15. The molecular weight excluding hydrogens is 132 g/mol. The minimum Gasteiger partial charge on any atom is -0.469 e.